The number of thioether (sulfide) groups is 1. The normalized spacial score (nSPS) is 10.6. The Bertz CT molecular complexity index is 549. The summed E-state index contributed by atoms with van der Waals surface area (Å²) in [7, 11) is 0. The van der Waals surface area contributed by atoms with Gasteiger partial charge in [-0.2, -0.15) is 0 Å². The first kappa shape index (κ1) is 12.9. The Kier molecular flexibility index (Phi) is 3.87. The van der Waals surface area contributed by atoms with E-state index in [0.717, 1.165) is 22.2 Å². The molecule has 18 heavy (non-hydrogen) atoms. The molecule has 0 fully saturated rings. The van der Waals surface area contributed by atoms with Crippen LogP contribution in [0.1, 0.15) is 11.1 Å². The van der Waals surface area contributed by atoms with Crippen LogP contribution < -0.4 is 5.73 Å². The van der Waals surface area contributed by atoms with Gasteiger partial charge in [-0.3, -0.25) is 0 Å². The monoisotopic (exact) mass is 265 g/mol. The number of anilines is 1. The molecule has 0 bridgehead atoms. The van der Waals surface area contributed by atoms with E-state index in [0.29, 0.717) is 11.3 Å². The van der Waals surface area contributed by atoms with Gasteiger partial charge in [0.15, 0.2) is 0 Å². The van der Waals surface area contributed by atoms with E-state index < -0.39 is 11.6 Å². The zero-order valence-corrected chi connectivity index (χ0v) is 10.7. The minimum atomic E-state index is -0.543. The van der Waals surface area contributed by atoms with Crippen molar-refractivity contribution in [3.05, 3.63) is 59.2 Å². The highest BCUT2D eigenvalue weighted by molar-refractivity contribution is 7.98. The third-order valence-electron chi connectivity index (χ3n) is 2.57. The van der Waals surface area contributed by atoms with Crippen molar-refractivity contribution in [2.45, 2.75) is 17.6 Å². The Labute approximate surface area is 109 Å². The third kappa shape index (κ3) is 3.23. The van der Waals surface area contributed by atoms with Gasteiger partial charge in [-0.05, 0) is 48.4 Å². The lowest BCUT2D eigenvalue weighted by Crippen LogP contribution is -1.90. The van der Waals surface area contributed by atoms with Crippen LogP contribution in [-0.2, 0) is 5.75 Å². The predicted molar refractivity (Wildman–Crippen MR) is 71.5 cm³/mol. The standard InChI is InChI=1S/C14H13F2NS/c1-9-4-13(2-3-14(9)17)18-8-10-5-11(15)7-12(16)6-10/h2-7H,8,17H2,1H3. The molecule has 94 valence electrons. The topological polar surface area (TPSA) is 26.0 Å². The summed E-state index contributed by atoms with van der Waals surface area (Å²) in [6.45, 7) is 1.93. The van der Waals surface area contributed by atoms with E-state index in [1.807, 2.05) is 25.1 Å². The van der Waals surface area contributed by atoms with Gasteiger partial charge in [-0.1, -0.05) is 0 Å². The van der Waals surface area contributed by atoms with Crippen LogP contribution in [0.2, 0.25) is 0 Å². The van der Waals surface area contributed by atoms with E-state index in [-0.39, 0.29) is 0 Å². The quantitative estimate of drug-likeness (QED) is 0.666. The first-order chi connectivity index (χ1) is 8.54. The molecule has 0 amide bonds. The van der Waals surface area contributed by atoms with Gasteiger partial charge < -0.3 is 5.73 Å². The Hall–Kier alpha value is -1.55. The maximum atomic E-state index is 13.0. The van der Waals surface area contributed by atoms with Crippen LogP contribution in [0.4, 0.5) is 14.5 Å². The molecule has 0 radical (unpaired) electrons. The molecule has 0 heterocycles. The molecule has 0 atom stereocenters. The zero-order chi connectivity index (χ0) is 13.1. The molecule has 0 unspecified atom stereocenters. The van der Waals surface area contributed by atoms with Crippen LogP contribution >= 0.6 is 11.8 Å². The Morgan fingerprint density at radius 3 is 2.33 bits per heavy atom. The number of nitrogens with two attached hydrogens (primary N) is 1. The minimum Gasteiger partial charge on any atom is -0.399 e. The van der Waals surface area contributed by atoms with Crippen LogP contribution in [0.15, 0.2) is 41.3 Å². The van der Waals surface area contributed by atoms with Crippen molar-refractivity contribution in [3.63, 3.8) is 0 Å². The summed E-state index contributed by atoms with van der Waals surface area (Å²) in [5.41, 5.74) is 8.11. The van der Waals surface area contributed by atoms with Crippen molar-refractivity contribution in [2.75, 3.05) is 5.73 Å². The summed E-state index contributed by atoms with van der Waals surface area (Å²) < 4.78 is 26.0. The molecule has 0 saturated carbocycles. The lowest BCUT2D eigenvalue weighted by Gasteiger charge is -2.05. The van der Waals surface area contributed by atoms with Crippen molar-refractivity contribution < 1.29 is 8.78 Å². The van der Waals surface area contributed by atoms with E-state index in [9.17, 15) is 8.78 Å². The van der Waals surface area contributed by atoms with Gasteiger partial charge in [0.05, 0.1) is 0 Å². The molecule has 4 heteroatoms. The molecule has 2 aromatic carbocycles. The first-order valence-corrected chi connectivity index (χ1v) is 6.47. The van der Waals surface area contributed by atoms with E-state index >= 15 is 0 Å². The highest BCUT2D eigenvalue weighted by Gasteiger charge is 2.03. The largest absolute Gasteiger partial charge is 0.399 e. The molecule has 0 aliphatic heterocycles. The van der Waals surface area contributed by atoms with Crippen molar-refractivity contribution in [3.8, 4) is 0 Å². The van der Waals surface area contributed by atoms with Crippen LogP contribution in [0, 0.1) is 18.6 Å². The average Bonchev–Trinajstić information content (AvgIpc) is 2.29. The molecular formula is C14H13F2NS. The fourth-order valence-electron chi connectivity index (χ4n) is 1.60. The fraction of sp³-hybridized carbons (Fsp3) is 0.143. The van der Waals surface area contributed by atoms with Gasteiger partial charge >= 0.3 is 0 Å². The number of hydrogen-bond donors (Lipinski definition) is 1. The number of aryl methyl sites for hydroxylation is 1. The lowest BCUT2D eigenvalue weighted by atomic mass is 10.2. The molecule has 2 aromatic rings. The summed E-state index contributed by atoms with van der Waals surface area (Å²) in [6.07, 6.45) is 0. The van der Waals surface area contributed by atoms with Gasteiger partial charge in [-0.25, -0.2) is 8.78 Å². The number of hydrogen-bond acceptors (Lipinski definition) is 2. The molecule has 1 nitrogen and oxygen atoms in total. The number of rotatable bonds is 3. The van der Waals surface area contributed by atoms with E-state index in [1.165, 1.54) is 23.9 Å². The molecular weight excluding hydrogens is 252 g/mol. The smallest absolute Gasteiger partial charge is 0.126 e. The van der Waals surface area contributed by atoms with Gasteiger partial charge in [-0.15, -0.1) is 11.8 Å². The van der Waals surface area contributed by atoms with E-state index in [4.69, 9.17) is 5.73 Å². The molecule has 0 aliphatic carbocycles. The molecule has 0 aromatic heterocycles. The predicted octanol–water partition coefficient (Wildman–Crippen LogP) is 4.15. The van der Waals surface area contributed by atoms with Crippen LogP contribution in [-0.4, -0.2) is 0 Å². The molecule has 0 spiro atoms. The number of benzene rings is 2. The van der Waals surface area contributed by atoms with E-state index in [2.05, 4.69) is 0 Å². The van der Waals surface area contributed by atoms with Crippen molar-refractivity contribution in [1.29, 1.82) is 0 Å². The second-order valence-corrected chi connectivity index (χ2v) is 5.13. The summed E-state index contributed by atoms with van der Waals surface area (Å²) in [5, 5.41) is 0. The van der Waals surface area contributed by atoms with Gasteiger partial charge in [0.2, 0.25) is 0 Å². The maximum absolute atomic E-state index is 13.0. The van der Waals surface area contributed by atoms with Crippen molar-refractivity contribution in [1.82, 2.24) is 0 Å². The molecule has 2 N–H and O–H groups in total. The van der Waals surface area contributed by atoms with Gasteiger partial charge in [0.25, 0.3) is 0 Å². The average molecular weight is 265 g/mol. The van der Waals surface area contributed by atoms with Gasteiger partial charge in [0.1, 0.15) is 11.6 Å². The highest BCUT2D eigenvalue weighted by atomic mass is 32.2. The highest BCUT2D eigenvalue weighted by Crippen LogP contribution is 2.26. The van der Waals surface area contributed by atoms with Crippen molar-refractivity contribution in [2.24, 2.45) is 0 Å². The Balaban J connectivity index is 2.08. The summed E-state index contributed by atoms with van der Waals surface area (Å²) in [4.78, 5) is 1.03. The second kappa shape index (κ2) is 5.40. The number of halogens is 2. The fourth-order valence-corrected chi connectivity index (χ4v) is 2.52. The zero-order valence-electron chi connectivity index (χ0n) is 9.91. The Morgan fingerprint density at radius 2 is 1.72 bits per heavy atom. The number of nitrogen functional groups attached to an aromatic ring is 1. The van der Waals surface area contributed by atoms with Crippen LogP contribution in [0.5, 0.6) is 0 Å². The summed E-state index contributed by atoms with van der Waals surface area (Å²) >= 11 is 1.52. The molecule has 2 rings (SSSR count). The molecule has 0 saturated heterocycles. The lowest BCUT2D eigenvalue weighted by molar-refractivity contribution is 0.581. The summed E-state index contributed by atoms with van der Waals surface area (Å²) in [5.74, 6) is -0.559. The molecule has 0 aliphatic rings. The summed E-state index contributed by atoms with van der Waals surface area (Å²) in [6, 6.07) is 9.28. The van der Waals surface area contributed by atoms with Crippen LogP contribution in [0.25, 0.3) is 0 Å². The van der Waals surface area contributed by atoms with E-state index in [1.54, 1.807) is 0 Å². The second-order valence-electron chi connectivity index (χ2n) is 4.08. The Morgan fingerprint density at radius 1 is 1.06 bits per heavy atom. The van der Waals surface area contributed by atoms with Gasteiger partial charge in [0, 0.05) is 22.4 Å². The minimum absolute atomic E-state index is 0.526. The maximum Gasteiger partial charge on any atom is 0.126 e. The van der Waals surface area contributed by atoms with Crippen LogP contribution in [0.3, 0.4) is 0 Å². The first-order valence-electron chi connectivity index (χ1n) is 5.48. The van der Waals surface area contributed by atoms with Crippen molar-refractivity contribution >= 4 is 17.4 Å². The SMILES string of the molecule is Cc1cc(SCc2cc(F)cc(F)c2)ccc1N. The third-order valence-corrected chi connectivity index (χ3v) is 3.63.